The summed E-state index contributed by atoms with van der Waals surface area (Å²) in [6.45, 7) is 1.40. The Bertz CT molecular complexity index is 1100. The molecule has 3 aromatic rings. The van der Waals surface area contributed by atoms with E-state index >= 15 is 0 Å². The summed E-state index contributed by atoms with van der Waals surface area (Å²) in [4.78, 5) is 1.61. The second kappa shape index (κ2) is 11.5. The van der Waals surface area contributed by atoms with Crippen LogP contribution in [0.15, 0.2) is 72.8 Å². The average molecular weight is 528 g/mol. The minimum atomic E-state index is -4.60. The molecule has 3 atom stereocenters. The van der Waals surface area contributed by atoms with Crippen molar-refractivity contribution in [2.75, 3.05) is 13.1 Å². The van der Waals surface area contributed by atoms with Crippen molar-refractivity contribution in [2.45, 2.75) is 43.9 Å². The molecule has 200 valence electrons. The number of rotatable bonds is 9. The van der Waals surface area contributed by atoms with E-state index in [-0.39, 0.29) is 36.0 Å². The predicted octanol–water partition coefficient (Wildman–Crippen LogP) is 6.13. The van der Waals surface area contributed by atoms with Crippen LogP contribution in [-0.2, 0) is 18.8 Å². The van der Waals surface area contributed by atoms with Gasteiger partial charge in [-0.25, -0.2) is 0 Å². The van der Waals surface area contributed by atoms with Gasteiger partial charge in [0.2, 0.25) is 0 Å². The highest BCUT2D eigenvalue weighted by Gasteiger charge is 2.32. The Balaban J connectivity index is 1.85. The van der Waals surface area contributed by atoms with Gasteiger partial charge in [-0.3, -0.25) is 4.90 Å². The zero-order valence-corrected chi connectivity index (χ0v) is 19.8. The SMILES string of the molecule is C[C@H](Cc1ccc(O)cc1)N(CC(O)c1cccc(C(F)(F)F)c1)CC(O)c1cccc(C(F)(F)F)c1. The fourth-order valence-corrected chi connectivity index (χ4v) is 4.04. The summed E-state index contributed by atoms with van der Waals surface area (Å²) in [5.74, 6) is 0.0631. The molecule has 2 unspecified atom stereocenters. The van der Waals surface area contributed by atoms with Gasteiger partial charge in [-0.2, -0.15) is 26.3 Å². The molecular weight excluding hydrogens is 500 g/mol. The highest BCUT2D eigenvalue weighted by Crippen LogP contribution is 2.33. The molecule has 3 rings (SSSR count). The number of nitrogens with zero attached hydrogens (tertiary/aromatic N) is 1. The second-order valence-corrected chi connectivity index (χ2v) is 8.95. The van der Waals surface area contributed by atoms with E-state index in [4.69, 9.17) is 0 Å². The number of hydrogen-bond acceptors (Lipinski definition) is 4. The van der Waals surface area contributed by atoms with Crippen LogP contribution < -0.4 is 0 Å². The van der Waals surface area contributed by atoms with E-state index in [0.29, 0.717) is 6.42 Å². The van der Waals surface area contributed by atoms with E-state index in [0.717, 1.165) is 29.8 Å². The van der Waals surface area contributed by atoms with E-state index in [1.807, 2.05) is 0 Å². The van der Waals surface area contributed by atoms with Gasteiger partial charge < -0.3 is 15.3 Å². The molecule has 0 bridgehead atoms. The molecule has 0 saturated heterocycles. The van der Waals surface area contributed by atoms with Crippen molar-refractivity contribution in [1.29, 1.82) is 0 Å². The maximum atomic E-state index is 13.1. The average Bonchev–Trinajstić information content (AvgIpc) is 2.84. The molecule has 4 nitrogen and oxygen atoms in total. The third-order valence-corrected chi connectivity index (χ3v) is 6.10. The number of alkyl halides is 6. The number of phenols is 1. The maximum absolute atomic E-state index is 13.1. The van der Waals surface area contributed by atoms with E-state index in [9.17, 15) is 41.7 Å². The molecule has 0 aliphatic rings. The molecule has 3 aromatic carbocycles. The zero-order valence-electron chi connectivity index (χ0n) is 19.8. The lowest BCUT2D eigenvalue weighted by atomic mass is 10.0. The lowest BCUT2D eigenvalue weighted by molar-refractivity contribution is -0.138. The highest BCUT2D eigenvalue weighted by molar-refractivity contribution is 5.29. The van der Waals surface area contributed by atoms with Crippen LogP contribution in [0, 0.1) is 0 Å². The monoisotopic (exact) mass is 527 g/mol. The van der Waals surface area contributed by atoms with Gasteiger partial charge in [-0.15, -0.1) is 0 Å². The smallest absolute Gasteiger partial charge is 0.416 e. The first-order valence-corrected chi connectivity index (χ1v) is 11.5. The molecule has 0 aromatic heterocycles. The molecule has 0 spiro atoms. The molecule has 0 aliphatic carbocycles. The Morgan fingerprint density at radius 3 is 1.54 bits per heavy atom. The lowest BCUT2D eigenvalue weighted by Crippen LogP contribution is -2.40. The Labute approximate surface area is 210 Å². The molecule has 10 heteroatoms. The van der Waals surface area contributed by atoms with Crippen LogP contribution in [0.5, 0.6) is 5.75 Å². The van der Waals surface area contributed by atoms with Gasteiger partial charge in [0.05, 0.1) is 23.3 Å². The van der Waals surface area contributed by atoms with Crippen molar-refractivity contribution >= 4 is 0 Å². The largest absolute Gasteiger partial charge is 0.508 e. The summed E-state index contributed by atoms with van der Waals surface area (Å²) < 4.78 is 78.9. The number of hydrogen-bond donors (Lipinski definition) is 3. The van der Waals surface area contributed by atoms with Crippen LogP contribution in [-0.4, -0.2) is 39.4 Å². The second-order valence-electron chi connectivity index (χ2n) is 8.95. The molecule has 0 heterocycles. The number of halogens is 6. The van der Waals surface area contributed by atoms with E-state index in [1.54, 1.807) is 24.0 Å². The topological polar surface area (TPSA) is 63.9 Å². The predicted molar refractivity (Wildman–Crippen MR) is 126 cm³/mol. The van der Waals surface area contributed by atoms with Crippen molar-refractivity contribution in [2.24, 2.45) is 0 Å². The van der Waals surface area contributed by atoms with Crippen LogP contribution in [0.2, 0.25) is 0 Å². The molecule has 37 heavy (non-hydrogen) atoms. The highest BCUT2D eigenvalue weighted by atomic mass is 19.4. The minimum absolute atomic E-state index is 0.0187. The van der Waals surface area contributed by atoms with Crippen LogP contribution in [0.4, 0.5) is 26.3 Å². The third kappa shape index (κ3) is 7.95. The molecule has 3 N–H and O–H groups in total. The van der Waals surface area contributed by atoms with Crippen LogP contribution in [0.1, 0.15) is 46.9 Å². The Hall–Kier alpha value is -3.08. The molecule has 0 fully saturated rings. The van der Waals surface area contributed by atoms with Crippen molar-refractivity contribution in [3.8, 4) is 5.75 Å². The molecule has 0 amide bonds. The number of aromatic hydroxyl groups is 1. The van der Waals surface area contributed by atoms with E-state index in [2.05, 4.69) is 0 Å². The molecular formula is C27H27F6NO3. The number of aliphatic hydroxyl groups excluding tert-OH is 2. The van der Waals surface area contributed by atoms with Gasteiger partial charge >= 0.3 is 12.4 Å². The first kappa shape index (κ1) is 28.5. The first-order valence-electron chi connectivity index (χ1n) is 11.5. The van der Waals surface area contributed by atoms with Crippen molar-refractivity contribution in [1.82, 2.24) is 4.90 Å². The van der Waals surface area contributed by atoms with Gasteiger partial charge in [0, 0.05) is 19.1 Å². The fraction of sp³-hybridized carbons (Fsp3) is 0.333. The summed E-state index contributed by atoms with van der Waals surface area (Å²) >= 11 is 0. The Kier molecular flexibility index (Phi) is 8.88. The van der Waals surface area contributed by atoms with Gasteiger partial charge in [0.15, 0.2) is 0 Å². The summed E-state index contributed by atoms with van der Waals surface area (Å²) in [7, 11) is 0. The minimum Gasteiger partial charge on any atom is -0.508 e. The Morgan fingerprint density at radius 1 is 0.703 bits per heavy atom. The van der Waals surface area contributed by atoms with Crippen molar-refractivity contribution in [3.05, 3.63) is 101 Å². The lowest BCUT2D eigenvalue weighted by Gasteiger charge is -2.33. The van der Waals surface area contributed by atoms with Gasteiger partial charge in [0.25, 0.3) is 0 Å². The summed E-state index contributed by atoms with van der Waals surface area (Å²) in [6, 6.07) is 14.5. The van der Waals surface area contributed by atoms with Gasteiger partial charge in [-0.1, -0.05) is 36.4 Å². The summed E-state index contributed by atoms with van der Waals surface area (Å²) in [6.07, 6.45) is -11.5. The summed E-state index contributed by atoms with van der Waals surface area (Å²) in [5.41, 5.74) is -0.999. The van der Waals surface area contributed by atoms with E-state index < -0.39 is 35.7 Å². The normalized spacial score (nSPS) is 15.0. The molecule has 0 radical (unpaired) electrons. The summed E-state index contributed by atoms with van der Waals surface area (Å²) in [5, 5.41) is 31.1. The fourth-order valence-electron chi connectivity index (χ4n) is 4.04. The number of benzene rings is 3. The van der Waals surface area contributed by atoms with Crippen LogP contribution >= 0.6 is 0 Å². The van der Waals surface area contributed by atoms with Crippen molar-refractivity contribution < 1.29 is 41.7 Å². The van der Waals surface area contributed by atoms with Gasteiger partial charge in [0.1, 0.15) is 5.75 Å². The standard InChI is InChI=1S/C27H27F6NO3/c1-17(12-18-8-10-23(35)11-9-18)34(15-24(36)19-4-2-6-21(13-19)26(28,29)30)16-25(37)20-5-3-7-22(14-20)27(31,32)33/h2-11,13-14,17,24-25,35-37H,12,15-16H2,1H3/t17-,24?,25?/m1/s1. The van der Waals surface area contributed by atoms with Crippen LogP contribution in [0.25, 0.3) is 0 Å². The number of aliphatic hydroxyl groups is 2. The quantitative estimate of drug-likeness (QED) is 0.293. The Morgan fingerprint density at radius 2 is 1.14 bits per heavy atom. The first-order chi connectivity index (χ1) is 17.2. The van der Waals surface area contributed by atoms with Crippen molar-refractivity contribution in [3.63, 3.8) is 0 Å². The molecule has 0 saturated carbocycles. The number of phenolic OH excluding ortho intramolecular Hbond substituents is 1. The maximum Gasteiger partial charge on any atom is 0.416 e. The van der Waals surface area contributed by atoms with Crippen LogP contribution in [0.3, 0.4) is 0 Å². The zero-order chi connectivity index (χ0) is 27.4. The van der Waals surface area contributed by atoms with E-state index in [1.165, 1.54) is 36.4 Å². The molecule has 0 aliphatic heterocycles. The van der Waals surface area contributed by atoms with Gasteiger partial charge in [-0.05, 0) is 66.4 Å². The third-order valence-electron chi connectivity index (χ3n) is 6.10.